The number of aromatic amines is 1. The Labute approximate surface area is 105 Å². The lowest BCUT2D eigenvalue weighted by atomic mass is 10.1. The van der Waals surface area contributed by atoms with Crippen LogP contribution in [0.4, 0.5) is 11.4 Å². The predicted molar refractivity (Wildman–Crippen MR) is 75.5 cm³/mol. The van der Waals surface area contributed by atoms with E-state index in [9.17, 15) is 0 Å². The van der Waals surface area contributed by atoms with Gasteiger partial charge in [-0.05, 0) is 30.3 Å². The number of nitrogens with two attached hydrogens (primary N) is 1. The molecule has 4 N–H and O–H groups in total. The van der Waals surface area contributed by atoms with Gasteiger partial charge in [0, 0.05) is 29.4 Å². The van der Waals surface area contributed by atoms with E-state index in [0.29, 0.717) is 0 Å². The van der Waals surface area contributed by atoms with Gasteiger partial charge >= 0.3 is 0 Å². The summed E-state index contributed by atoms with van der Waals surface area (Å²) in [5.74, 6) is 0. The van der Waals surface area contributed by atoms with E-state index < -0.39 is 0 Å². The molecule has 0 amide bonds. The van der Waals surface area contributed by atoms with Gasteiger partial charge in [-0.25, -0.2) is 0 Å². The van der Waals surface area contributed by atoms with E-state index in [0.717, 1.165) is 33.5 Å². The molecule has 0 unspecified atom stereocenters. The van der Waals surface area contributed by atoms with Crippen LogP contribution in [0.25, 0.3) is 22.2 Å². The zero-order valence-electron chi connectivity index (χ0n) is 10.1. The summed E-state index contributed by atoms with van der Waals surface area (Å²) in [5, 5.41) is 11.6. The molecule has 18 heavy (non-hydrogen) atoms. The molecular weight excluding hydrogens is 224 g/mol. The van der Waals surface area contributed by atoms with E-state index in [4.69, 9.17) is 5.73 Å². The molecule has 3 aromatic rings. The summed E-state index contributed by atoms with van der Waals surface area (Å²) < 4.78 is 0. The monoisotopic (exact) mass is 238 g/mol. The first-order valence-electron chi connectivity index (χ1n) is 5.80. The summed E-state index contributed by atoms with van der Waals surface area (Å²) in [6, 6.07) is 13.9. The van der Waals surface area contributed by atoms with Crippen molar-refractivity contribution in [3.8, 4) is 11.3 Å². The molecule has 0 aliphatic heterocycles. The van der Waals surface area contributed by atoms with E-state index in [2.05, 4.69) is 21.6 Å². The fourth-order valence-electron chi connectivity index (χ4n) is 2.07. The third-order valence-electron chi connectivity index (χ3n) is 3.01. The van der Waals surface area contributed by atoms with Crippen molar-refractivity contribution in [2.75, 3.05) is 18.1 Å². The van der Waals surface area contributed by atoms with Crippen molar-refractivity contribution in [2.24, 2.45) is 0 Å². The van der Waals surface area contributed by atoms with Gasteiger partial charge in [-0.2, -0.15) is 5.10 Å². The van der Waals surface area contributed by atoms with Crippen LogP contribution in [0.1, 0.15) is 0 Å². The van der Waals surface area contributed by atoms with E-state index in [-0.39, 0.29) is 0 Å². The second-order valence-corrected chi connectivity index (χ2v) is 4.21. The average Bonchev–Trinajstić information content (AvgIpc) is 2.81. The highest BCUT2D eigenvalue weighted by Gasteiger charge is 2.08. The lowest BCUT2D eigenvalue weighted by Gasteiger charge is -2.03. The number of hydrogen-bond donors (Lipinski definition) is 3. The van der Waals surface area contributed by atoms with Crippen LogP contribution in [-0.4, -0.2) is 17.2 Å². The molecule has 0 saturated heterocycles. The van der Waals surface area contributed by atoms with Gasteiger partial charge in [0.15, 0.2) is 0 Å². The van der Waals surface area contributed by atoms with Gasteiger partial charge in [0.25, 0.3) is 0 Å². The normalized spacial score (nSPS) is 10.7. The second-order valence-electron chi connectivity index (χ2n) is 4.21. The number of nitrogens with zero attached hydrogens (tertiary/aromatic N) is 1. The van der Waals surface area contributed by atoms with Gasteiger partial charge in [-0.15, -0.1) is 0 Å². The molecule has 0 radical (unpaired) electrons. The summed E-state index contributed by atoms with van der Waals surface area (Å²) in [7, 11) is 1.90. The van der Waals surface area contributed by atoms with Crippen molar-refractivity contribution in [3.05, 3.63) is 42.5 Å². The number of anilines is 2. The molecule has 0 fully saturated rings. The van der Waals surface area contributed by atoms with Gasteiger partial charge in [-0.3, -0.25) is 5.10 Å². The lowest BCUT2D eigenvalue weighted by Crippen LogP contribution is -1.88. The zero-order chi connectivity index (χ0) is 12.5. The lowest BCUT2D eigenvalue weighted by molar-refractivity contribution is 1.12. The molecule has 0 aliphatic rings. The minimum atomic E-state index is 0.745. The summed E-state index contributed by atoms with van der Waals surface area (Å²) >= 11 is 0. The average molecular weight is 238 g/mol. The molecule has 4 heteroatoms. The second kappa shape index (κ2) is 4.07. The van der Waals surface area contributed by atoms with E-state index in [1.165, 1.54) is 0 Å². The van der Waals surface area contributed by atoms with Crippen molar-refractivity contribution < 1.29 is 0 Å². The van der Waals surface area contributed by atoms with Crippen LogP contribution < -0.4 is 11.1 Å². The van der Waals surface area contributed by atoms with E-state index >= 15 is 0 Å². The molecular formula is C14H14N4. The molecule has 4 nitrogen and oxygen atoms in total. The summed E-state index contributed by atoms with van der Waals surface area (Å²) in [6.45, 7) is 0. The van der Waals surface area contributed by atoms with Gasteiger partial charge in [0.2, 0.25) is 0 Å². The van der Waals surface area contributed by atoms with Crippen LogP contribution in [-0.2, 0) is 0 Å². The molecule has 90 valence electrons. The quantitative estimate of drug-likeness (QED) is 0.601. The number of nitrogens with one attached hydrogen (secondary N) is 2. The van der Waals surface area contributed by atoms with Crippen molar-refractivity contribution in [1.29, 1.82) is 0 Å². The third-order valence-corrected chi connectivity index (χ3v) is 3.01. The number of fused-ring (bicyclic) bond motifs is 1. The number of hydrogen-bond acceptors (Lipinski definition) is 3. The third kappa shape index (κ3) is 1.68. The Kier molecular flexibility index (Phi) is 2.41. The Morgan fingerprint density at radius 1 is 1.17 bits per heavy atom. The Bertz CT molecular complexity index is 700. The summed E-state index contributed by atoms with van der Waals surface area (Å²) in [5.41, 5.74) is 10.6. The molecule has 0 atom stereocenters. The number of aromatic nitrogens is 2. The number of benzene rings is 2. The van der Waals surface area contributed by atoms with Crippen LogP contribution in [0, 0.1) is 0 Å². The van der Waals surface area contributed by atoms with Crippen LogP contribution in [0.2, 0.25) is 0 Å². The van der Waals surface area contributed by atoms with Crippen molar-refractivity contribution in [2.45, 2.75) is 0 Å². The number of rotatable bonds is 2. The maximum atomic E-state index is 5.83. The smallest absolute Gasteiger partial charge is 0.100 e. The molecule has 2 aromatic carbocycles. The number of nitrogen functional groups attached to an aromatic ring is 1. The largest absolute Gasteiger partial charge is 0.399 e. The first kappa shape index (κ1) is 10.7. The topological polar surface area (TPSA) is 66.7 Å². The Balaban J connectivity index is 2.21. The highest BCUT2D eigenvalue weighted by atomic mass is 15.1. The minimum absolute atomic E-state index is 0.745. The van der Waals surface area contributed by atoms with Gasteiger partial charge in [0.05, 0.1) is 5.52 Å². The Hall–Kier alpha value is -2.49. The predicted octanol–water partition coefficient (Wildman–Crippen LogP) is 2.85. The van der Waals surface area contributed by atoms with Gasteiger partial charge in [0.1, 0.15) is 5.69 Å². The van der Waals surface area contributed by atoms with E-state index in [1.807, 2.05) is 43.4 Å². The summed E-state index contributed by atoms with van der Waals surface area (Å²) in [4.78, 5) is 0. The minimum Gasteiger partial charge on any atom is -0.399 e. The fraction of sp³-hybridized carbons (Fsp3) is 0.0714. The zero-order valence-corrected chi connectivity index (χ0v) is 10.1. The van der Waals surface area contributed by atoms with Crippen LogP contribution in [0.3, 0.4) is 0 Å². The molecule has 3 rings (SSSR count). The van der Waals surface area contributed by atoms with Gasteiger partial charge < -0.3 is 11.1 Å². The van der Waals surface area contributed by atoms with E-state index in [1.54, 1.807) is 0 Å². The molecule has 0 spiro atoms. The molecule has 0 bridgehead atoms. The maximum Gasteiger partial charge on any atom is 0.100 e. The highest BCUT2D eigenvalue weighted by molar-refractivity contribution is 5.95. The van der Waals surface area contributed by atoms with Crippen LogP contribution >= 0.6 is 0 Å². The molecule has 1 aromatic heterocycles. The maximum absolute atomic E-state index is 5.83. The SMILES string of the molecule is CNc1cccc(-c2n[nH]c3ccc(N)cc23)c1. The molecule has 0 aliphatic carbocycles. The molecule has 0 saturated carbocycles. The van der Waals surface area contributed by atoms with Crippen molar-refractivity contribution >= 4 is 22.3 Å². The fourth-order valence-corrected chi connectivity index (χ4v) is 2.07. The Morgan fingerprint density at radius 2 is 2.06 bits per heavy atom. The first-order chi connectivity index (χ1) is 8.78. The highest BCUT2D eigenvalue weighted by Crippen LogP contribution is 2.29. The Morgan fingerprint density at radius 3 is 2.89 bits per heavy atom. The molecule has 1 heterocycles. The number of H-pyrrole nitrogens is 1. The van der Waals surface area contributed by atoms with Crippen LogP contribution in [0.15, 0.2) is 42.5 Å². The first-order valence-corrected chi connectivity index (χ1v) is 5.80. The van der Waals surface area contributed by atoms with Gasteiger partial charge in [-0.1, -0.05) is 12.1 Å². The van der Waals surface area contributed by atoms with Crippen molar-refractivity contribution in [1.82, 2.24) is 10.2 Å². The summed E-state index contributed by atoms with van der Waals surface area (Å²) in [6.07, 6.45) is 0. The van der Waals surface area contributed by atoms with Crippen molar-refractivity contribution in [3.63, 3.8) is 0 Å². The van der Waals surface area contributed by atoms with Crippen LogP contribution in [0.5, 0.6) is 0 Å². The standard InChI is InChI=1S/C14H14N4/c1-16-11-4-2-3-9(7-11)14-12-8-10(15)5-6-13(12)17-18-14/h2-8,16H,15H2,1H3,(H,17,18).